The molecule has 2 saturated carbocycles. The van der Waals surface area contributed by atoms with Crippen LogP contribution >= 0.6 is 0 Å². The average Bonchev–Trinajstić information content (AvgIpc) is 2.70. The van der Waals surface area contributed by atoms with Crippen LogP contribution in [-0.2, 0) is 12.6 Å². The van der Waals surface area contributed by atoms with Crippen LogP contribution in [0.2, 0.25) is 0 Å². The van der Waals surface area contributed by atoms with Crippen LogP contribution in [0.15, 0.2) is 24.8 Å². The first-order valence-electron chi connectivity index (χ1n) is 11.4. The van der Waals surface area contributed by atoms with Gasteiger partial charge in [0.05, 0.1) is 0 Å². The second kappa shape index (κ2) is 10.3. The number of hydrogen-bond acceptors (Lipinski definition) is 0. The van der Waals surface area contributed by atoms with Crippen LogP contribution < -0.4 is 0 Å². The third kappa shape index (κ3) is 6.07. The summed E-state index contributed by atoms with van der Waals surface area (Å²) in [6.45, 7) is 3.81. The summed E-state index contributed by atoms with van der Waals surface area (Å²) < 4.78 is 65.6. The highest BCUT2D eigenvalue weighted by Gasteiger charge is 2.38. The molecule has 1 aromatic carbocycles. The summed E-state index contributed by atoms with van der Waals surface area (Å²) in [5.74, 6) is -0.0277. The number of halogens is 5. The van der Waals surface area contributed by atoms with Gasteiger partial charge < -0.3 is 0 Å². The molecule has 0 radical (unpaired) electrons. The summed E-state index contributed by atoms with van der Waals surface area (Å²) in [5.41, 5.74) is -1.47. The average molecular weight is 429 g/mol. The lowest BCUT2D eigenvalue weighted by molar-refractivity contribution is -0.142. The predicted molar refractivity (Wildman–Crippen MR) is 110 cm³/mol. The molecule has 0 heterocycles. The van der Waals surface area contributed by atoms with E-state index in [1.807, 2.05) is 6.08 Å². The van der Waals surface area contributed by atoms with Crippen LogP contribution in [-0.4, -0.2) is 0 Å². The van der Waals surface area contributed by atoms with Gasteiger partial charge in [-0.2, -0.15) is 13.2 Å². The zero-order valence-electron chi connectivity index (χ0n) is 17.6. The molecule has 0 aliphatic heterocycles. The topological polar surface area (TPSA) is 0 Å². The van der Waals surface area contributed by atoms with E-state index in [-0.39, 0.29) is 0 Å². The van der Waals surface area contributed by atoms with Gasteiger partial charge in [0.25, 0.3) is 0 Å². The predicted octanol–water partition coefficient (Wildman–Crippen LogP) is 8.50. The maximum absolute atomic E-state index is 13.8. The maximum atomic E-state index is 13.8. The quantitative estimate of drug-likeness (QED) is 0.302. The molecular weight excluding hydrogens is 395 g/mol. The van der Waals surface area contributed by atoms with Crippen molar-refractivity contribution in [2.45, 2.75) is 83.2 Å². The molecule has 168 valence electrons. The number of hydrogen-bond donors (Lipinski definition) is 0. The van der Waals surface area contributed by atoms with Gasteiger partial charge in [-0.1, -0.05) is 31.8 Å². The van der Waals surface area contributed by atoms with Crippen molar-refractivity contribution >= 4 is 0 Å². The van der Waals surface area contributed by atoms with E-state index in [0.717, 1.165) is 55.6 Å². The van der Waals surface area contributed by atoms with Crippen molar-refractivity contribution in [1.82, 2.24) is 0 Å². The molecule has 2 fully saturated rings. The highest BCUT2D eigenvalue weighted by molar-refractivity contribution is 5.28. The molecule has 0 saturated heterocycles. The van der Waals surface area contributed by atoms with E-state index >= 15 is 0 Å². The highest BCUT2D eigenvalue weighted by atomic mass is 19.4. The number of allylic oxidation sites excluding steroid dienone is 1. The fraction of sp³-hybridized carbons (Fsp3) is 0.680. The largest absolute Gasteiger partial charge is 0.422 e. The van der Waals surface area contributed by atoms with Crippen LogP contribution in [0.3, 0.4) is 0 Å². The maximum Gasteiger partial charge on any atom is 0.422 e. The minimum Gasteiger partial charge on any atom is -0.206 e. The number of rotatable bonds is 7. The van der Waals surface area contributed by atoms with Crippen molar-refractivity contribution in [2.75, 3.05) is 0 Å². The Balaban J connectivity index is 1.43. The summed E-state index contributed by atoms with van der Waals surface area (Å²) in [7, 11) is 0. The lowest BCUT2D eigenvalue weighted by Gasteiger charge is -2.38. The molecule has 0 N–H and O–H groups in total. The van der Waals surface area contributed by atoms with E-state index in [2.05, 4.69) is 6.58 Å². The van der Waals surface area contributed by atoms with Crippen molar-refractivity contribution in [3.8, 4) is 0 Å². The van der Waals surface area contributed by atoms with Gasteiger partial charge in [-0.15, -0.1) is 6.58 Å². The van der Waals surface area contributed by atoms with Gasteiger partial charge in [-0.25, -0.2) is 8.78 Å². The van der Waals surface area contributed by atoms with Gasteiger partial charge in [0.15, 0.2) is 0 Å². The Morgan fingerprint density at radius 1 is 0.800 bits per heavy atom. The molecule has 0 atom stereocenters. The van der Waals surface area contributed by atoms with Crippen molar-refractivity contribution in [3.05, 3.63) is 47.5 Å². The van der Waals surface area contributed by atoms with Crippen LogP contribution in [0, 0.1) is 35.3 Å². The molecule has 1 aromatic rings. The molecule has 30 heavy (non-hydrogen) atoms. The molecule has 0 amide bonds. The summed E-state index contributed by atoms with van der Waals surface area (Å²) in [6, 6.07) is 1.70. The van der Waals surface area contributed by atoms with Gasteiger partial charge >= 0.3 is 6.18 Å². The Hall–Kier alpha value is -1.39. The summed E-state index contributed by atoms with van der Waals surface area (Å²) in [5, 5.41) is 0. The molecule has 2 aliphatic carbocycles. The molecular formula is C25H33F5. The van der Waals surface area contributed by atoms with Gasteiger partial charge in [0, 0.05) is 0 Å². The van der Waals surface area contributed by atoms with Crippen LogP contribution in [0.5, 0.6) is 0 Å². The first kappa shape index (κ1) is 23.3. The van der Waals surface area contributed by atoms with Gasteiger partial charge in [-0.3, -0.25) is 0 Å². The molecule has 3 rings (SSSR count). The Kier molecular flexibility index (Phi) is 7.98. The molecule has 0 spiro atoms. The van der Waals surface area contributed by atoms with Crippen LogP contribution in [0.1, 0.15) is 81.8 Å². The minimum absolute atomic E-state index is 0.318. The standard InChI is InChI=1S/C25H33F5/c1-2-3-4-17-7-11-20(12-8-17)21-13-9-18(10-14-21)5-6-19-15-22(26)24(23(27)16-19)25(28,29)30/h2,15-18,20-21H,1,3-14H2. The van der Waals surface area contributed by atoms with Gasteiger partial charge in [-0.05, 0) is 92.7 Å². The monoisotopic (exact) mass is 428 g/mol. The first-order chi connectivity index (χ1) is 14.3. The minimum atomic E-state index is -5.00. The summed E-state index contributed by atoms with van der Waals surface area (Å²) in [4.78, 5) is 0. The molecule has 0 nitrogen and oxygen atoms in total. The smallest absolute Gasteiger partial charge is 0.206 e. The Morgan fingerprint density at radius 3 is 1.70 bits per heavy atom. The fourth-order valence-electron chi connectivity index (χ4n) is 5.66. The SMILES string of the molecule is C=CCCC1CCC(C2CCC(CCc3cc(F)c(C(F)(F)F)c(F)c3)CC2)CC1. The second-order valence-electron chi connectivity index (χ2n) is 9.40. The molecule has 5 heteroatoms. The van der Waals surface area contributed by atoms with Crippen LogP contribution in [0.4, 0.5) is 22.0 Å². The van der Waals surface area contributed by atoms with E-state index in [4.69, 9.17) is 0 Å². The Bertz CT molecular complexity index is 669. The molecule has 0 aromatic heterocycles. The van der Waals surface area contributed by atoms with Crippen molar-refractivity contribution in [2.24, 2.45) is 23.7 Å². The van der Waals surface area contributed by atoms with Crippen molar-refractivity contribution < 1.29 is 22.0 Å². The zero-order valence-corrected chi connectivity index (χ0v) is 17.6. The third-order valence-electron chi connectivity index (χ3n) is 7.46. The molecule has 0 unspecified atom stereocenters. The van der Waals surface area contributed by atoms with Crippen molar-refractivity contribution in [1.29, 1.82) is 0 Å². The van der Waals surface area contributed by atoms with E-state index in [1.165, 1.54) is 44.9 Å². The fourth-order valence-corrected chi connectivity index (χ4v) is 5.66. The van der Waals surface area contributed by atoms with Crippen molar-refractivity contribution in [3.63, 3.8) is 0 Å². The second-order valence-corrected chi connectivity index (χ2v) is 9.40. The molecule has 2 aliphatic rings. The zero-order chi connectivity index (χ0) is 21.7. The Morgan fingerprint density at radius 2 is 1.27 bits per heavy atom. The van der Waals surface area contributed by atoms with Gasteiger partial charge in [0.2, 0.25) is 0 Å². The van der Waals surface area contributed by atoms with E-state index < -0.39 is 23.4 Å². The number of aryl methyl sites for hydroxylation is 1. The Labute approximate surface area is 176 Å². The lowest BCUT2D eigenvalue weighted by atomic mass is 9.68. The van der Waals surface area contributed by atoms with E-state index in [1.54, 1.807) is 0 Å². The number of alkyl halides is 3. The molecule has 0 bridgehead atoms. The van der Waals surface area contributed by atoms with E-state index in [9.17, 15) is 22.0 Å². The van der Waals surface area contributed by atoms with Crippen LogP contribution in [0.25, 0.3) is 0 Å². The first-order valence-corrected chi connectivity index (χ1v) is 11.4. The summed E-state index contributed by atoms with van der Waals surface area (Å²) >= 11 is 0. The number of benzene rings is 1. The third-order valence-corrected chi connectivity index (χ3v) is 7.46. The highest BCUT2D eigenvalue weighted by Crippen LogP contribution is 2.43. The summed E-state index contributed by atoms with van der Waals surface area (Å²) in [6.07, 6.45) is 10.6. The lowest BCUT2D eigenvalue weighted by Crippen LogP contribution is -2.26. The normalized spacial score (nSPS) is 27.8. The van der Waals surface area contributed by atoms with Gasteiger partial charge in [0.1, 0.15) is 17.2 Å². The van der Waals surface area contributed by atoms with E-state index in [0.29, 0.717) is 17.9 Å².